The lowest BCUT2D eigenvalue weighted by atomic mass is 10.1. The molecule has 0 amide bonds. The van der Waals surface area contributed by atoms with E-state index in [1.54, 1.807) is 18.6 Å². The van der Waals surface area contributed by atoms with E-state index >= 15 is 0 Å². The Bertz CT molecular complexity index is 754. The smallest absolute Gasteiger partial charge is 0.125 e. The molecule has 130 valence electrons. The SMILES string of the molecule is Cn1cc(CNCCCCNc2ccccn2)c(-c2ccncc2)n1. The fourth-order valence-electron chi connectivity index (χ4n) is 2.70. The van der Waals surface area contributed by atoms with Crippen molar-refractivity contribution in [3.8, 4) is 11.3 Å². The van der Waals surface area contributed by atoms with Crippen molar-refractivity contribution in [2.75, 3.05) is 18.4 Å². The molecule has 0 radical (unpaired) electrons. The number of anilines is 1. The van der Waals surface area contributed by atoms with Gasteiger partial charge >= 0.3 is 0 Å². The van der Waals surface area contributed by atoms with E-state index in [-0.39, 0.29) is 0 Å². The second-order valence-corrected chi connectivity index (χ2v) is 5.94. The minimum atomic E-state index is 0.819. The molecule has 25 heavy (non-hydrogen) atoms. The van der Waals surface area contributed by atoms with Crippen LogP contribution in [0, 0.1) is 0 Å². The maximum Gasteiger partial charge on any atom is 0.125 e. The van der Waals surface area contributed by atoms with Crippen LogP contribution in [0.15, 0.2) is 55.1 Å². The van der Waals surface area contributed by atoms with Crippen molar-refractivity contribution < 1.29 is 0 Å². The van der Waals surface area contributed by atoms with Crippen LogP contribution in [0.3, 0.4) is 0 Å². The van der Waals surface area contributed by atoms with E-state index in [9.17, 15) is 0 Å². The van der Waals surface area contributed by atoms with Crippen LogP contribution < -0.4 is 10.6 Å². The molecule has 3 rings (SSSR count). The average Bonchev–Trinajstić information content (AvgIpc) is 3.03. The Balaban J connectivity index is 1.39. The number of nitrogens with zero attached hydrogens (tertiary/aromatic N) is 4. The van der Waals surface area contributed by atoms with Gasteiger partial charge in [0.1, 0.15) is 5.82 Å². The lowest BCUT2D eigenvalue weighted by molar-refractivity contribution is 0.632. The van der Waals surface area contributed by atoms with Crippen molar-refractivity contribution >= 4 is 5.82 Å². The summed E-state index contributed by atoms with van der Waals surface area (Å²) in [4.78, 5) is 8.33. The number of hydrogen-bond donors (Lipinski definition) is 2. The number of unbranched alkanes of at least 4 members (excludes halogenated alkanes) is 1. The highest BCUT2D eigenvalue weighted by molar-refractivity contribution is 5.61. The zero-order valence-electron chi connectivity index (χ0n) is 14.5. The van der Waals surface area contributed by atoms with Gasteiger partial charge in [-0.25, -0.2) is 4.98 Å². The fourth-order valence-corrected chi connectivity index (χ4v) is 2.70. The number of aryl methyl sites for hydroxylation is 1. The van der Waals surface area contributed by atoms with Gasteiger partial charge in [-0.2, -0.15) is 5.10 Å². The minimum absolute atomic E-state index is 0.819. The Labute approximate surface area is 148 Å². The summed E-state index contributed by atoms with van der Waals surface area (Å²) >= 11 is 0. The van der Waals surface area contributed by atoms with E-state index in [1.807, 2.05) is 42.1 Å². The number of nitrogens with one attached hydrogen (secondary N) is 2. The summed E-state index contributed by atoms with van der Waals surface area (Å²) in [6.45, 7) is 2.74. The van der Waals surface area contributed by atoms with Crippen LogP contribution in [0.25, 0.3) is 11.3 Å². The van der Waals surface area contributed by atoms with Crippen molar-refractivity contribution in [3.05, 3.63) is 60.7 Å². The number of rotatable bonds is 9. The molecule has 0 bridgehead atoms. The third-order valence-corrected chi connectivity index (χ3v) is 3.93. The van der Waals surface area contributed by atoms with Crippen molar-refractivity contribution in [2.24, 2.45) is 7.05 Å². The van der Waals surface area contributed by atoms with Gasteiger partial charge in [-0.05, 0) is 43.7 Å². The predicted molar refractivity (Wildman–Crippen MR) is 100 cm³/mol. The van der Waals surface area contributed by atoms with Gasteiger partial charge in [0.2, 0.25) is 0 Å². The summed E-state index contributed by atoms with van der Waals surface area (Å²) in [6.07, 6.45) is 9.70. The Morgan fingerprint density at radius 2 is 1.84 bits per heavy atom. The Kier molecular flexibility index (Phi) is 6.11. The minimum Gasteiger partial charge on any atom is -0.370 e. The maximum atomic E-state index is 4.57. The van der Waals surface area contributed by atoms with Gasteiger partial charge < -0.3 is 10.6 Å². The molecule has 0 aliphatic carbocycles. The molecule has 0 aromatic carbocycles. The van der Waals surface area contributed by atoms with Crippen molar-refractivity contribution in [3.63, 3.8) is 0 Å². The normalized spacial score (nSPS) is 10.8. The molecule has 3 aromatic rings. The van der Waals surface area contributed by atoms with E-state index in [0.29, 0.717) is 0 Å². The highest BCUT2D eigenvalue weighted by Gasteiger charge is 2.09. The van der Waals surface area contributed by atoms with Crippen molar-refractivity contribution in [1.29, 1.82) is 0 Å². The van der Waals surface area contributed by atoms with Crippen LogP contribution in [0.1, 0.15) is 18.4 Å². The Morgan fingerprint density at radius 1 is 1.00 bits per heavy atom. The van der Waals surface area contributed by atoms with Crippen LogP contribution >= 0.6 is 0 Å². The number of hydrogen-bond acceptors (Lipinski definition) is 5. The van der Waals surface area contributed by atoms with Crippen LogP contribution in [-0.4, -0.2) is 32.8 Å². The molecular weight excluding hydrogens is 312 g/mol. The van der Waals surface area contributed by atoms with Gasteiger partial charge in [-0.15, -0.1) is 0 Å². The fraction of sp³-hybridized carbons (Fsp3) is 0.316. The summed E-state index contributed by atoms with van der Waals surface area (Å²) in [6, 6.07) is 9.89. The van der Waals surface area contributed by atoms with Gasteiger partial charge in [0.25, 0.3) is 0 Å². The van der Waals surface area contributed by atoms with Crippen LogP contribution in [0.4, 0.5) is 5.82 Å². The Morgan fingerprint density at radius 3 is 2.64 bits per heavy atom. The second-order valence-electron chi connectivity index (χ2n) is 5.94. The molecule has 0 saturated carbocycles. The van der Waals surface area contributed by atoms with E-state index in [0.717, 1.165) is 49.6 Å². The summed E-state index contributed by atoms with van der Waals surface area (Å²) < 4.78 is 1.86. The summed E-state index contributed by atoms with van der Waals surface area (Å²) in [7, 11) is 1.96. The molecule has 0 saturated heterocycles. The highest BCUT2D eigenvalue weighted by Crippen LogP contribution is 2.20. The zero-order chi connectivity index (χ0) is 17.3. The lowest BCUT2D eigenvalue weighted by Crippen LogP contribution is -2.16. The van der Waals surface area contributed by atoms with Crippen molar-refractivity contribution in [1.82, 2.24) is 25.1 Å². The number of pyridine rings is 2. The first-order valence-corrected chi connectivity index (χ1v) is 8.61. The molecule has 0 fully saturated rings. The first-order chi connectivity index (χ1) is 12.3. The first-order valence-electron chi connectivity index (χ1n) is 8.61. The molecule has 0 aliphatic rings. The molecule has 6 nitrogen and oxygen atoms in total. The summed E-state index contributed by atoms with van der Waals surface area (Å²) in [5.74, 6) is 0.938. The Hall–Kier alpha value is -2.73. The standard InChI is InChI=1S/C19H24N6/c1-25-15-17(19(24-25)16-7-12-20-13-8-16)14-21-9-4-5-11-23-18-6-2-3-10-22-18/h2-3,6-8,10,12-13,15,21H,4-5,9,11,14H2,1H3,(H,22,23). The van der Waals surface area contributed by atoms with E-state index in [4.69, 9.17) is 0 Å². The number of aromatic nitrogens is 4. The first kappa shape index (κ1) is 17.1. The largest absolute Gasteiger partial charge is 0.370 e. The second kappa shape index (κ2) is 8.94. The van der Waals surface area contributed by atoms with E-state index in [2.05, 4.69) is 31.9 Å². The molecule has 6 heteroatoms. The molecule has 0 aliphatic heterocycles. The third-order valence-electron chi connectivity index (χ3n) is 3.93. The van der Waals surface area contributed by atoms with Crippen molar-refractivity contribution in [2.45, 2.75) is 19.4 Å². The van der Waals surface area contributed by atoms with Gasteiger partial charge in [0.15, 0.2) is 0 Å². The lowest BCUT2D eigenvalue weighted by Gasteiger charge is -2.07. The van der Waals surface area contributed by atoms with Gasteiger partial charge in [-0.3, -0.25) is 9.67 Å². The molecule has 0 unspecified atom stereocenters. The quantitative estimate of drug-likeness (QED) is 0.588. The van der Waals surface area contributed by atoms with Gasteiger partial charge in [-0.1, -0.05) is 6.07 Å². The van der Waals surface area contributed by atoms with Gasteiger partial charge in [0, 0.05) is 56.1 Å². The summed E-state index contributed by atoms with van der Waals surface area (Å²) in [5, 5.41) is 11.4. The topological polar surface area (TPSA) is 67.7 Å². The van der Waals surface area contributed by atoms with Crippen LogP contribution in [0.2, 0.25) is 0 Å². The van der Waals surface area contributed by atoms with Crippen LogP contribution in [-0.2, 0) is 13.6 Å². The van der Waals surface area contributed by atoms with Crippen LogP contribution in [0.5, 0.6) is 0 Å². The van der Waals surface area contributed by atoms with E-state index < -0.39 is 0 Å². The zero-order valence-corrected chi connectivity index (χ0v) is 14.5. The monoisotopic (exact) mass is 336 g/mol. The average molecular weight is 336 g/mol. The molecule has 3 aromatic heterocycles. The van der Waals surface area contributed by atoms with Gasteiger partial charge in [0.05, 0.1) is 5.69 Å². The predicted octanol–water partition coefficient (Wildman–Crippen LogP) is 2.86. The maximum absolute atomic E-state index is 4.57. The molecular formula is C19H24N6. The molecule has 0 atom stereocenters. The van der Waals surface area contributed by atoms with E-state index in [1.165, 1.54) is 5.56 Å². The summed E-state index contributed by atoms with van der Waals surface area (Å²) in [5.41, 5.74) is 3.33. The highest BCUT2D eigenvalue weighted by atomic mass is 15.3. The third kappa shape index (κ3) is 5.12. The molecule has 0 spiro atoms. The molecule has 2 N–H and O–H groups in total. The molecule has 3 heterocycles.